The zero-order valence-corrected chi connectivity index (χ0v) is 16.1. The third-order valence-electron chi connectivity index (χ3n) is 5.90. The molecule has 1 amide bonds. The van der Waals surface area contributed by atoms with E-state index in [1.54, 1.807) is 0 Å². The Kier molecular flexibility index (Phi) is 4.94. The summed E-state index contributed by atoms with van der Waals surface area (Å²) in [4.78, 5) is 15.0. The second kappa shape index (κ2) is 7.35. The molecule has 0 bridgehead atoms. The first-order valence-corrected chi connectivity index (χ1v) is 10.1. The fourth-order valence-corrected chi connectivity index (χ4v) is 4.87. The van der Waals surface area contributed by atoms with Crippen LogP contribution in [0.25, 0.3) is 11.4 Å². The highest BCUT2D eigenvalue weighted by atomic mass is 32.1. The Labute approximate surface area is 159 Å². The number of likely N-dealkylation sites (tertiary alicyclic amines) is 1. The Hall–Kier alpha value is -1.95. The highest BCUT2D eigenvalue weighted by Gasteiger charge is 2.36. The van der Waals surface area contributed by atoms with E-state index in [0.717, 1.165) is 30.3 Å². The number of nitrogens with zero attached hydrogens (tertiary/aromatic N) is 3. The lowest BCUT2D eigenvalue weighted by Crippen LogP contribution is -2.46. The maximum absolute atomic E-state index is 12.9. The molecule has 1 N–H and O–H groups in total. The number of piperidine rings is 1. The molecular weight excluding hydrogens is 344 g/mol. The van der Waals surface area contributed by atoms with Gasteiger partial charge in [-0.15, -0.1) is 0 Å². The number of hydrogen-bond donors (Lipinski definition) is 1. The quantitative estimate of drug-likeness (QED) is 0.825. The fraction of sp³-hybridized carbons (Fsp3) is 0.550. The first kappa shape index (κ1) is 17.5. The standard InChI is InChI=1S/C20H26N4OS/c1-14-5-2-7-16(13-14)19-21-22-20(26)24(19)12-10-18(25)23-11-4-8-15-6-3-9-17(15)23/h2,5,7,13,15,17H,3-4,6,8-12H2,1H3,(H,22,26)/t15-,17-/m1/s1. The summed E-state index contributed by atoms with van der Waals surface area (Å²) in [6.45, 7) is 3.56. The van der Waals surface area contributed by atoms with Gasteiger partial charge in [-0.1, -0.05) is 30.2 Å². The first-order valence-electron chi connectivity index (χ1n) is 9.65. The average Bonchev–Trinajstić information content (AvgIpc) is 3.26. The van der Waals surface area contributed by atoms with Gasteiger partial charge in [0.1, 0.15) is 0 Å². The minimum Gasteiger partial charge on any atom is -0.339 e. The largest absolute Gasteiger partial charge is 0.339 e. The molecule has 2 heterocycles. The van der Waals surface area contributed by atoms with Gasteiger partial charge in [0.15, 0.2) is 10.6 Å². The SMILES string of the molecule is Cc1cccc(-c2n[nH]c(=S)n2CCC(=O)N2CCC[C@H]3CCC[C@H]32)c1. The number of fused-ring (bicyclic) bond motifs is 1. The smallest absolute Gasteiger partial charge is 0.224 e. The van der Waals surface area contributed by atoms with E-state index in [0.29, 0.717) is 23.8 Å². The van der Waals surface area contributed by atoms with Gasteiger partial charge in [0, 0.05) is 31.1 Å². The Balaban J connectivity index is 1.49. The van der Waals surface area contributed by atoms with Gasteiger partial charge in [-0.25, -0.2) is 0 Å². The molecule has 2 atom stereocenters. The van der Waals surface area contributed by atoms with E-state index in [1.807, 2.05) is 16.7 Å². The van der Waals surface area contributed by atoms with Gasteiger partial charge in [-0.05, 0) is 56.8 Å². The van der Waals surface area contributed by atoms with Crippen LogP contribution in [0.2, 0.25) is 0 Å². The Morgan fingerprint density at radius 3 is 3.00 bits per heavy atom. The molecule has 0 spiro atoms. The lowest BCUT2D eigenvalue weighted by atomic mass is 9.92. The molecule has 2 aromatic rings. The summed E-state index contributed by atoms with van der Waals surface area (Å²) in [5.74, 6) is 1.80. The summed E-state index contributed by atoms with van der Waals surface area (Å²) in [5, 5.41) is 7.28. The Bertz CT molecular complexity index is 855. The number of carbonyl (C=O) groups excluding carboxylic acids is 1. The highest BCUT2D eigenvalue weighted by Crippen LogP contribution is 2.37. The number of nitrogens with one attached hydrogen (secondary N) is 1. The fourth-order valence-electron chi connectivity index (χ4n) is 4.64. The van der Waals surface area contributed by atoms with Crippen molar-refractivity contribution in [1.29, 1.82) is 0 Å². The third kappa shape index (κ3) is 3.34. The number of hydrogen-bond acceptors (Lipinski definition) is 3. The van der Waals surface area contributed by atoms with Crippen LogP contribution in [0.5, 0.6) is 0 Å². The summed E-state index contributed by atoms with van der Waals surface area (Å²) in [5.41, 5.74) is 2.21. The Morgan fingerprint density at radius 2 is 2.15 bits per heavy atom. The average molecular weight is 371 g/mol. The number of amides is 1. The lowest BCUT2D eigenvalue weighted by molar-refractivity contribution is -0.136. The van der Waals surface area contributed by atoms with Gasteiger partial charge in [-0.2, -0.15) is 5.10 Å². The monoisotopic (exact) mass is 370 g/mol. The highest BCUT2D eigenvalue weighted by molar-refractivity contribution is 7.71. The van der Waals surface area contributed by atoms with Crippen LogP contribution in [0.1, 0.15) is 44.1 Å². The topological polar surface area (TPSA) is 53.9 Å². The summed E-state index contributed by atoms with van der Waals surface area (Å²) < 4.78 is 2.53. The van der Waals surface area contributed by atoms with Crippen molar-refractivity contribution < 1.29 is 4.79 Å². The molecule has 1 aromatic heterocycles. The Morgan fingerprint density at radius 1 is 1.31 bits per heavy atom. The van der Waals surface area contributed by atoms with E-state index < -0.39 is 0 Å². The van der Waals surface area contributed by atoms with Crippen molar-refractivity contribution >= 4 is 18.1 Å². The van der Waals surface area contributed by atoms with E-state index in [-0.39, 0.29) is 5.91 Å². The van der Waals surface area contributed by atoms with E-state index in [1.165, 1.54) is 31.2 Å². The van der Waals surface area contributed by atoms with Crippen molar-refractivity contribution in [2.75, 3.05) is 6.54 Å². The van der Waals surface area contributed by atoms with E-state index in [2.05, 4.69) is 34.2 Å². The molecule has 2 fully saturated rings. The number of aromatic nitrogens is 3. The predicted molar refractivity (Wildman–Crippen MR) is 104 cm³/mol. The first-order chi connectivity index (χ1) is 12.6. The molecule has 1 aliphatic carbocycles. The zero-order valence-electron chi connectivity index (χ0n) is 15.3. The van der Waals surface area contributed by atoms with Crippen LogP contribution in [0, 0.1) is 17.6 Å². The normalized spacial score (nSPS) is 22.4. The zero-order chi connectivity index (χ0) is 18.1. The number of H-pyrrole nitrogens is 1. The van der Waals surface area contributed by atoms with Crippen LogP contribution in [-0.4, -0.2) is 38.2 Å². The second-order valence-electron chi connectivity index (χ2n) is 7.61. The molecule has 2 aliphatic rings. The number of carbonyl (C=O) groups is 1. The van der Waals surface area contributed by atoms with Crippen molar-refractivity contribution in [3.63, 3.8) is 0 Å². The molecular formula is C20H26N4OS. The molecule has 1 aliphatic heterocycles. The summed E-state index contributed by atoms with van der Waals surface area (Å²) in [6.07, 6.45) is 6.65. The van der Waals surface area contributed by atoms with Gasteiger partial charge < -0.3 is 4.90 Å². The molecule has 4 rings (SSSR count). The van der Waals surface area contributed by atoms with E-state index in [4.69, 9.17) is 12.2 Å². The number of aromatic amines is 1. The lowest BCUT2D eigenvalue weighted by Gasteiger charge is -2.38. The van der Waals surface area contributed by atoms with Crippen LogP contribution in [0.4, 0.5) is 0 Å². The molecule has 1 saturated heterocycles. The summed E-state index contributed by atoms with van der Waals surface area (Å²) in [7, 11) is 0. The second-order valence-corrected chi connectivity index (χ2v) is 8.00. The van der Waals surface area contributed by atoms with E-state index in [9.17, 15) is 4.79 Å². The van der Waals surface area contributed by atoms with Crippen LogP contribution >= 0.6 is 12.2 Å². The molecule has 6 heteroatoms. The molecule has 1 saturated carbocycles. The van der Waals surface area contributed by atoms with Crippen LogP contribution < -0.4 is 0 Å². The molecule has 138 valence electrons. The molecule has 26 heavy (non-hydrogen) atoms. The minimum atomic E-state index is 0.264. The molecule has 1 aromatic carbocycles. The molecule has 5 nitrogen and oxygen atoms in total. The maximum Gasteiger partial charge on any atom is 0.224 e. The van der Waals surface area contributed by atoms with Crippen LogP contribution in [0.15, 0.2) is 24.3 Å². The van der Waals surface area contributed by atoms with Crippen LogP contribution in [0.3, 0.4) is 0 Å². The molecule has 0 radical (unpaired) electrons. The van der Waals surface area contributed by atoms with Crippen molar-refractivity contribution in [3.05, 3.63) is 34.6 Å². The number of benzene rings is 1. The third-order valence-corrected chi connectivity index (χ3v) is 6.21. The number of aryl methyl sites for hydroxylation is 1. The van der Waals surface area contributed by atoms with Gasteiger partial charge in [-0.3, -0.25) is 14.5 Å². The van der Waals surface area contributed by atoms with Crippen molar-refractivity contribution in [2.45, 2.75) is 58.0 Å². The van der Waals surface area contributed by atoms with Crippen molar-refractivity contribution in [1.82, 2.24) is 19.7 Å². The van der Waals surface area contributed by atoms with E-state index >= 15 is 0 Å². The summed E-state index contributed by atoms with van der Waals surface area (Å²) in [6, 6.07) is 8.68. The summed E-state index contributed by atoms with van der Waals surface area (Å²) >= 11 is 5.41. The predicted octanol–water partition coefficient (Wildman–Crippen LogP) is 4.10. The maximum atomic E-state index is 12.9. The minimum absolute atomic E-state index is 0.264. The van der Waals surface area contributed by atoms with Gasteiger partial charge in [0.25, 0.3) is 0 Å². The van der Waals surface area contributed by atoms with Crippen molar-refractivity contribution in [3.8, 4) is 11.4 Å². The molecule has 0 unspecified atom stereocenters. The number of rotatable bonds is 4. The van der Waals surface area contributed by atoms with Gasteiger partial charge in [0.2, 0.25) is 5.91 Å². The van der Waals surface area contributed by atoms with Crippen molar-refractivity contribution in [2.24, 2.45) is 5.92 Å². The van der Waals surface area contributed by atoms with Crippen LogP contribution in [-0.2, 0) is 11.3 Å². The van der Waals surface area contributed by atoms with Gasteiger partial charge in [0.05, 0.1) is 0 Å². The van der Waals surface area contributed by atoms with Gasteiger partial charge >= 0.3 is 0 Å².